The first-order valence-corrected chi connectivity index (χ1v) is 7.06. The maximum Gasteiger partial charge on any atom is 0.354 e. The predicted molar refractivity (Wildman–Crippen MR) is 85.0 cm³/mol. The topological polar surface area (TPSA) is 65.5 Å². The van der Waals surface area contributed by atoms with Gasteiger partial charge in [0.1, 0.15) is 5.82 Å². The molecule has 2 aromatic rings. The van der Waals surface area contributed by atoms with Gasteiger partial charge in [0.05, 0.1) is 0 Å². The Kier molecular flexibility index (Phi) is 4.75. The minimum absolute atomic E-state index is 0.0633. The van der Waals surface area contributed by atoms with Crippen molar-refractivity contribution in [1.29, 1.82) is 0 Å². The molecule has 21 heavy (non-hydrogen) atoms. The summed E-state index contributed by atoms with van der Waals surface area (Å²) < 4.78 is 0. The van der Waals surface area contributed by atoms with Gasteiger partial charge in [-0.2, -0.15) is 0 Å². The van der Waals surface area contributed by atoms with E-state index < -0.39 is 5.97 Å². The quantitative estimate of drug-likeness (QED) is 0.855. The van der Waals surface area contributed by atoms with E-state index in [1.54, 1.807) is 6.07 Å². The number of nitrogens with zero attached hydrogens (tertiary/aromatic N) is 2. The summed E-state index contributed by atoms with van der Waals surface area (Å²) in [7, 11) is 2.06. The third-order valence-corrected chi connectivity index (χ3v) is 3.60. The van der Waals surface area contributed by atoms with Crippen LogP contribution in [0.1, 0.15) is 24.3 Å². The Morgan fingerprint density at radius 1 is 1.38 bits per heavy atom. The number of anilines is 1. The number of nitrogens with one attached hydrogen (secondary N) is 1. The molecule has 0 atom stereocenters. The molecule has 1 aromatic carbocycles. The predicted octanol–water partition coefficient (Wildman–Crippen LogP) is 2.69. The Morgan fingerprint density at radius 3 is 2.76 bits per heavy atom. The number of rotatable bonds is 6. The molecule has 0 saturated heterocycles. The molecule has 1 aromatic heterocycles. The molecule has 112 valence electrons. The zero-order valence-electron chi connectivity index (χ0n) is 12.6. The van der Waals surface area contributed by atoms with Crippen molar-refractivity contribution in [3.63, 3.8) is 0 Å². The molecule has 0 aliphatic heterocycles. The van der Waals surface area contributed by atoms with Crippen LogP contribution in [0.5, 0.6) is 0 Å². The van der Waals surface area contributed by atoms with Crippen molar-refractivity contribution in [3.8, 4) is 0 Å². The highest BCUT2D eigenvalue weighted by molar-refractivity contribution is 5.97. The van der Waals surface area contributed by atoms with Crippen LogP contribution in [-0.2, 0) is 0 Å². The van der Waals surface area contributed by atoms with E-state index in [4.69, 9.17) is 5.11 Å². The van der Waals surface area contributed by atoms with Gasteiger partial charge in [0, 0.05) is 24.5 Å². The number of fused-ring (bicyclic) bond motifs is 1. The second kappa shape index (κ2) is 6.54. The zero-order chi connectivity index (χ0) is 15.4. The van der Waals surface area contributed by atoms with Crippen molar-refractivity contribution in [2.45, 2.75) is 19.9 Å². The monoisotopic (exact) mass is 287 g/mol. The Balaban J connectivity index is 2.23. The van der Waals surface area contributed by atoms with Crippen LogP contribution in [-0.4, -0.2) is 47.1 Å². The molecule has 0 bridgehead atoms. The first kappa shape index (κ1) is 15.3. The molecule has 1 heterocycles. The maximum atomic E-state index is 11.2. The lowest BCUT2D eigenvalue weighted by Gasteiger charge is -2.21. The number of hydrogen-bond donors (Lipinski definition) is 2. The van der Waals surface area contributed by atoms with E-state index in [0.717, 1.165) is 23.9 Å². The smallest absolute Gasteiger partial charge is 0.354 e. The molecule has 0 unspecified atom stereocenters. The summed E-state index contributed by atoms with van der Waals surface area (Å²) in [6.07, 6.45) is 0. The van der Waals surface area contributed by atoms with Crippen molar-refractivity contribution in [1.82, 2.24) is 9.88 Å². The summed E-state index contributed by atoms with van der Waals surface area (Å²) in [6, 6.07) is 9.74. The van der Waals surface area contributed by atoms with E-state index in [-0.39, 0.29) is 5.69 Å². The first-order chi connectivity index (χ1) is 9.99. The summed E-state index contributed by atoms with van der Waals surface area (Å²) in [4.78, 5) is 17.6. The van der Waals surface area contributed by atoms with E-state index in [1.807, 2.05) is 24.3 Å². The van der Waals surface area contributed by atoms with Crippen LogP contribution in [0.2, 0.25) is 0 Å². The average Bonchev–Trinajstić information content (AvgIpc) is 2.46. The third kappa shape index (κ3) is 3.70. The lowest BCUT2D eigenvalue weighted by Crippen LogP contribution is -2.31. The SMILES string of the molecule is CC(C)N(C)CCNc1nc(C(=O)O)cc2ccccc12. The fourth-order valence-electron chi connectivity index (χ4n) is 2.05. The molecule has 0 radical (unpaired) electrons. The van der Waals surface area contributed by atoms with Gasteiger partial charge in [0.15, 0.2) is 5.69 Å². The largest absolute Gasteiger partial charge is 0.477 e. The number of carbonyl (C=O) groups is 1. The van der Waals surface area contributed by atoms with Gasteiger partial charge in [0.2, 0.25) is 0 Å². The first-order valence-electron chi connectivity index (χ1n) is 7.06. The van der Waals surface area contributed by atoms with Crippen LogP contribution >= 0.6 is 0 Å². The van der Waals surface area contributed by atoms with Gasteiger partial charge in [-0.1, -0.05) is 24.3 Å². The van der Waals surface area contributed by atoms with Crippen molar-refractivity contribution in [2.75, 3.05) is 25.5 Å². The van der Waals surface area contributed by atoms with Gasteiger partial charge in [-0.05, 0) is 32.3 Å². The standard InChI is InChI=1S/C16H21N3O2/c1-11(2)19(3)9-8-17-15-13-7-5-4-6-12(13)10-14(18-15)16(20)21/h4-7,10-11H,8-9H2,1-3H3,(H,17,18)(H,20,21). The molecule has 5 nitrogen and oxygen atoms in total. The zero-order valence-corrected chi connectivity index (χ0v) is 12.6. The Hall–Kier alpha value is -2.14. The van der Waals surface area contributed by atoms with E-state index in [2.05, 4.69) is 36.1 Å². The number of benzene rings is 1. The third-order valence-electron chi connectivity index (χ3n) is 3.60. The molecule has 0 amide bonds. The summed E-state index contributed by atoms with van der Waals surface area (Å²) in [5.74, 6) is -0.384. The number of carboxylic acids is 1. The highest BCUT2D eigenvalue weighted by atomic mass is 16.4. The van der Waals surface area contributed by atoms with Crippen LogP contribution in [0, 0.1) is 0 Å². The fraction of sp³-hybridized carbons (Fsp3) is 0.375. The van der Waals surface area contributed by atoms with Gasteiger partial charge in [0.25, 0.3) is 0 Å². The summed E-state index contributed by atoms with van der Waals surface area (Å²) in [5.41, 5.74) is 0.0633. The van der Waals surface area contributed by atoms with Gasteiger partial charge >= 0.3 is 5.97 Å². The summed E-state index contributed by atoms with van der Waals surface area (Å²) in [5, 5.41) is 14.2. The van der Waals surface area contributed by atoms with Crippen molar-refractivity contribution in [2.24, 2.45) is 0 Å². The fourth-order valence-corrected chi connectivity index (χ4v) is 2.05. The molecule has 2 N–H and O–H groups in total. The van der Waals surface area contributed by atoms with Gasteiger partial charge in [-0.15, -0.1) is 0 Å². The second-order valence-electron chi connectivity index (χ2n) is 5.38. The lowest BCUT2D eigenvalue weighted by molar-refractivity contribution is 0.0691. The minimum atomic E-state index is -1.01. The van der Waals surface area contributed by atoms with Crippen LogP contribution in [0.25, 0.3) is 10.8 Å². The number of likely N-dealkylation sites (N-methyl/N-ethyl adjacent to an activating group) is 1. The average molecular weight is 287 g/mol. The highest BCUT2D eigenvalue weighted by Gasteiger charge is 2.11. The Labute approximate surface area is 124 Å². The molecular formula is C16H21N3O2. The number of carboxylic acid groups (broad SMARTS) is 1. The number of aromatic nitrogens is 1. The normalized spacial score (nSPS) is 11.3. The Morgan fingerprint density at radius 2 is 2.10 bits per heavy atom. The lowest BCUT2D eigenvalue weighted by atomic mass is 10.1. The van der Waals surface area contributed by atoms with Crippen molar-refractivity contribution in [3.05, 3.63) is 36.0 Å². The van der Waals surface area contributed by atoms with Crippen LogP contribution < -0.4 is 5.32 Å². The maximum absolute atomic E-state index is 11.2. The molecule has 0 aliphatic rings. The molecule has 5 heteroatoms. The molecule has 0 saturated carbocycles. The van der Waals surface area contributed by atoms with Crippen molar-refractivity contribution < 1.29 is 9.90 Å². The molecule has 0 fully saturated rings. The molecule has 0 spiro atoms. The van der Waals surface area contributed by atoms with Gasteiger partial charge in [-0.3, -0.25) is 0 Å². The Bertz CT molecular complexity index is 640. The number of aromatic carboxylic acids is 1. The second-order valence-corrected chi connectivity index (χ2v) is 5.38. The summed E-state index contributed by atoms with van der Waals surface area (Å²) >= 11 is 0. The van der Waals surface area contributed by atoms with Crippen LogP contribution in [0.4, 0.5) is 5.82 Å². The van der Waals surface area contributed by atoms with E-state index in [1.165, 1.54) is 0 Å². The van der Waals surface area contributed by atoms with Gasteiger partial charge in [-0.25, -0.2) is 9.78 Å². The van der Waals surface area contributed by atoms with E-state index in [9.17, 15) is 4.79 Å². The molecule has 2 rings (SSSR count). The van der Waals surface area contributed by atoms with E-state index in [0.29, 0.717) is 11.9 Å². The highest BCUT2D eigenvalue weighted by Crippen LogP contribution is 2.22. The van der Waals surface area contributed by atoms with Crippen LogP contribution in [0.15, 0.2) is 30.3 Å². The van der Waals surface area contributed by atoms with Crippen molar-refractivity contribution >= 4 is 22.6 Å². The summed E-state index contributed by atoms with van der Waals surface area (Å²) in [6.45, 7) is 5.86. The number of pyridine rings is 1. The van der Waals surface area contributed by atoms with E-state index >= 15 is 0 Å². The molecule has 0 aliphatic carbocycles. The van der Waals surface area contributed by atoms with Crippen LogP contribution in [0.3, 0.4) is 0 Å². The number of hydrogen-bond acceptors (Lipinski definition) is 4. The molecular weight excluding hydrogens is 266 g/mol. The van der Waals surface area contributed by atoms with Gasteiger partial charge < -0.3 is 15.3 Å². The minimum Gasteiger partial charge on any atom is -0.477 e.